The second-order valence-corrected chi connectivity index (χ2v) is 30.0. The van der Waals surface area contributed by atoms with Crippen LogP contribution in [0.3, 0.4) is 0 Å². The highest BCUT2D eigenvalue weighted by Gasteiger charge is 2.63. The van der Waals surface area contributed by atoms with Gasteiger partial charge in [0, 0.05) is 45.4 Å². The summed E-state index contributed by atoms with van der Waals surface area (Å²) in [6.07, 6.45) is 2.01. The molecule has 0 aromatic heterocycles. The molecule has 0 bridgehead atoms. The summed E-state index contributed by atoms with van der Waals surface area (Å²) in [5.41, 5.74) is 27.3. The monoisotopic (exact) mass is 1090 g/mol. The first-order valence-corrected chi connectivity index (χ1v) is 30.7. The van der Waals surface area contributed by atoms with Gasteiger partial charge in [-0.1, -0.05) is 237 Å². The van der Waals surface area contributed by atoms with Gasteiger partial charge in [-0.15, -0.1) is 0 Å². The van der Waals surface area contributed by atoms with Crippen molar-refractivity contribution in [1.29, 1.82) is 0 Å². The number of anilines is 8. The molecule has 4 aliphatic rings. The van der Waals surface area contributed by atoms with Crippen molar-refractivity contribution in [3.8, 4) is 11.1 Å². The number of hydrogen-bond donors (Lipinski definition) is 0. The molecule has 1 aliphatic carbocycles. The number of nitrogens with zero attached hydrogens (tertiary/aromatic N) is 3. The summed E-state index contributed by atoms with van der Waals surface area (Å²) in [6.45, 7) is 37.8. The van der Waals surface area contributed by atoms with Gasteiger partial charge in [-0.2, -0.15) is 0 Å². The Bertz CT molecular complexity index is 4020. The number of rotatable bonds is 5. The Morgan fingerprint density at radius 2 is 0.892 bits per heavy atom. The van der Waals surface area contributed by atoms with E-state index in [4.69, 9.17) is 0 Å². The smallest absolute Gasteiger partial charge is 0.252 e. The van der Waals surface area contributed by atoms with Crippen molar-refractivity contribution >= 4 is 68.6 Å². The molecule has 13 rings (SSSR count). The van der Waals surface area contributed by atoms with Crippen LogP contribution < -0.4 is 31.1 Å². The molecule has 0 saturated heterocycles. The molecule has 0 amide bonds. The third-order valence-corrected chi connectivity index (χ3v) is 19.6. The average Bonchev–Trinajstić information content (AvgIpc) is 1.66. The van der Waals surface area contributed by atoms with Crippen LogP contribution in [-0.2, 0) is 44.4 Å². The fourth-order valence-electron chi connectivity index (χ4n) is 14.9. The van der Waals surface area contributed by atoms with Gasteiger partial charge < -0.3 is 14.7 Å². The van der Waals surface area contributed by atoms with E-state index >= 15 is 0 Å². The standard InChI is InChI=1S/C79H84BN3/c1-73(2,3)53-31-36-59(37-32-53)81-69-50-60(83-67-41-34-56(75(7,8)9)46-63(67)79(54-28-21-18-22-29-54)44-43-52-27-23-24-30-62(52)78(79,83)16)38-39-64(69)80-65-47-57(76(10,11)12)35-42-68(65)82(71-49-58(77(13,14)15)48-70(81)72(71)80)66-40-33-55(74(4,5)6)45-61(66)51-25-19-17-20-26-51/h17-42,45-50H,43-44H2,1-16H3. The van der Waals surface area contributed by atoms with E-state index in [2.05, 4.69) is 320 Å². The lowest BCUT2D eigenvalue weighted by Crippen LogP contribution is -2.61. The van der Waals surface area contributed by atoms with Crippen molar-refractivity contribution in [3.63, 3.8) is 0 Å². The normalized spacial score (nSPS) is 18.3. The van der Waals surface area contributed by atoms with Crippen LogP contribution in [0, 0.1) is 0 Å². The minimum absolute atomic E-state index is 0.0110. The lowest BCUT2D eigenvalue weighted by Gasteiger charge is -2.53. The maximum Gasteiger partial charge on any atom is 0.252 e. The number of aryl methyl sites for hydroxylation is 1. The quantitative estimate of drug-likeness (QED) is 0.159. The molecular weight excluding hydrogens is 1000 g/mol. The second-order valence-electron chi connectivity index (χ2n) is 30.0. The molecule has 3 nitrogen and oxygen atoms in total. The van der Waals surface area contributed by atoms with Gasteiger partial charge in [0.25, 0.3) is 6.71 Å². The summed E-state index contributed by atoms with van der Waals surface area (Å²) >= 11 is 0. The molecule has 0 radical (unpaired) electrons. The lowest BCUT2D eigenvalue weighted by molar-refractivity contribution is 0.270. The van der Waals surface area contributed by atoms with Crippen molar-refractivity contribution in [3.05, 3.63) is 244 Å². The van der Waals surface area contributed by atoms with Crippen molar-refractivity contribution in [1.82, 2.24) is 0 Å². The summed E-state index contributed by atoms with van der Waals surface area (Å²) < 4.78 is 0. The Balaban J connectivity index is 1.14. The molecule has 9 aromatic rings. The van der Waals surface area contributed by atoms with Crippen LogP contribution in [0.1, 0.15) is 167 Å². The van der Waals surface area contributed by atoms with Gasteiger partial charge >= 0.3 is 0 Å². The Morgan fingerprint density at radius 3 is 1.52 bits per heavy atom. The van der Waals surface area contributed by atoms with Crippen LogP contribution in [0.5, 0.6) is 0 Å². The molecule has 2 unspecified atom stereocenters. The molecule has 9 aromatic carbocycles. The van der Waals surface area contributed by atoms with Gasteiger partial charge in [0.1, 0.15) is 0 Å². The Hall–Kier alpha value is -7.56. The summed E-state index contributed by atoms with van der Waals surface area (Å²) in [7, 11) is 0. The minimum Gasteiger partial charge on any atom is -0.330 e. The van der Waals surface area contributed by atoms with Crippen LogP contribution in [0.4, 0.5) is 45.5 Å². The Kier molecular flexibility index (Phi) is 12.3. The Labute approximate surface area is 497 Å². The molecule has 0 N–H and O–H groups in total. The van der Waals surface area contributed by atoms with E-state index < -0.39 is 5.54 Å². The van der Waals surface area contributed by atoms with Gasteiger partial charge in [-0.25, -0.2) is 0 Å². The van der Waals surface area contributed by atoms with Gasteiger partial charge in [0.2, 0.25) is 0 Å². The van der Waals surface area contributed by atoms with E-state index in [-0.39, 0.29) is 39.2 Å². The minimum atomic E-state index is -0.493. The molecule has 0 spiro atoms. The zero-order chi connectivity index (χ0) is 58.6. The summed E-state index contributed by atoms with van der Waals surface area (Å²) in [5.74, 6) is 0. The molecule has 83 heavy (non-hydrogen) atoms. The molecule has 3 heterocycles. The highest BCUT2D eigenvalue weighted by molar-refractivity contribution is 7.00. The van der Waals surface area contributed by atoms with E-state index in [1.54, 1.807) is 0 Å². The fourth-order valence-corrected chi connectivity index (χ4v) is 14.9. The molecule has 418 valence electrons. The average molecular weight is 1090 g/mol. The molecule has 0 fully saturated rings. The van der Waals surface area contributed by atoms with Crippen LogP contribution in [0.15, 0.2) is 194 Å². The molecule has 2 atom stereocenters. The molecule has 4 heteroatoms. The zero-order valence-corrected chi connectivity index (χ0v) is 52.3. The van der Waals surface area contributed by atoms with Crippen LogP contribution >= 0.6 is 0 Å². The third-order valence-electron chi connectivity index (χ3n) is 19.6. The highest BCUT2D eigenvalue weighted by Crippen LogP contribution is 2.67. The summed E-state index contributed by atoms with van der Waals surface area (Å²) in [6, 6.07) is 76.5. The molecule has 0 saturated carbocycles. The molecular formula is C79H84BN3. The van der Waals surface area contributed by atoms with Gasteiger partial charge in [0.05, 0.1) is 16.6 Å². The van der Waals surface area contributed by atoms with E-state index in [1.807, 2.05) is 0 Å². The topological polar surface area (TPSA) is 9.72 Å². The predicted molar refractivity (Wildman–Crippen MR) is 357 cm³/mol. The SMILES string of the molecule is CC(C)(C)c1ccc(N2c3cc(N4c5ccc(C(C)(C)C)cc5C5(c6ccccc6)CCc6ccccc6C45C)ccc3B3c4cc(C(C)(C)C)ccc4N(c4ccc(C(C)(C)C)cc4-c4ccccc4)c4cc(C(C)(C)C)cc2c43)cc1. The highest BCUT2D eigenvalue weighted by atomic mass is 15.3. The maximum atomic E-state index is 2.79. The summed E-state index contributed by atoms with van der Waals surface area (Å²) in [4.78, 5) is 8.10. The van der Waals surface area contributed by atoms with Gasteiger partial charge in [0.15, 0.2) is 0 Å². The van der Waals surface area contributed by atoms with Gasteiger partial charge in [-0.3, -0.25) is 0 Å². The van der Waals surface area contributed by atoms with Crippen molar-refractivity contribution < 1.29 is 0 Å². The first-order valence-electron chi connectivity index (χ1n) is 30.7. The first-order chi connectivity index (χ1) is 39.2. The molecule has 3 aliphatic heterocycles. The van der Waals surface area contributed by atoms with E-state index in [0.29, 0.717) is 0 Å². The zero-order valence-electron chi connectivity index (χ0n) is 52.3. The number of hydrogen-bond acceptors (Lipinski definition) is 3. The van der Waals surface area contributed by atoms with Crippen LogP contribution in [-0.4, -0.2) is 6.71 Å². The first kappa shape index (κ1) is 54.7. The van der Waals surface area contributed by atoms with Crippen molar-refractivity contribution in [2.75, 3.05) is 14.7 Å². The number of fused-ring (bicyclic) bond motifs is 9. The van der Waals surface area contributed by atoms with Crippen LogP contribution in [0.2, 0.25) is 0 Å². The fraction of sp³-hybridized carbons (Fsp3) is 0.316. The van der Waals surface area contributed by atoms with Crippen LogP contribution in [0.25, 0.3) is 11.1 Å². The van der Waals surface area contributed by atoms with E-state index in [9.17, 15) is 0 Å². The summed E-state index contributed by atoms with van der Waals surface area (Å²) in [5, 5.41) is 0. The van der Waals surface area contributed by atoms with Gasteiger partial charge in [-0.05, 0) is 180 Å². The number of benzene rings is 9. The lowest BCUT2D eigenvalue weighted by atomic mass is 9.33. The predicted octanol–water partition coefficient (Wildman–Crippen LogP) is 19.2. The van der Waals surface area contributed by atoms with Crippen molar-refractivity contribution in [2.24, 2.45) is 0 Å². The second kappa shape index (κ2) is 18.7. The Morgan fingerprint density at radius 1 is 0.373 bits per heavy atom. The van der Waals surface area contributed by atoms with E-state index in [0.717, 1.165) is 18.5 Å². The largest absolute Gasteiger partial charge is 0.330 e. The third kappa shape index (κ3) is 8.50. The van der Waals surface area contributed by atoms with Crippen molar-refractivity contribution in [2.45, 2.75) is 162 Å². The van der Waals surface area contributed by atoms with E-state index in [1.165, 1.54) is 117 Å². The maximum absolute atomic E-state index is 2.79.